The van der Waals surface area contributed by atoms with Gasteiger partial charge >= 0.3 is 0 Å². The molecule has 0 radical (unpaired) electrons. The topological polar surface area (TPSA) is 14.7 Å². The summed E-state index contributed by atoms with van der Waals surface area (Å²) in [6.07, 6.45) is 13.6. The van der Waals surface area contributed by atoms with Crippen molar-refractivity contribution in [1.29, 1.82) is 0 Å². The summed E-state index contributed by atoms with van der Waals surface area (Å²) in [6.45, 7) is 0. The molecule has 0 bridgehead atoms. The highest BCUT2D eigenvalue weighted by atomic mass is 15.2. The lowest BCUT2D eigenvalue weighted by molar-refractivity contribution is 0.745. The van der Waals surface area contributed by atoms with E-state index in [1.165, 1.54) is 77.5 Å². The molecule has 72 heavy (non-hydrogen) atoms. The zero-order valence-electron chi connectivity index (χ0n) is 39.8. The summed E-state index contributed by atoms with van der Waals surface area (Å²) in [7, 11) is 0. The number of aryl methyl sites for hydroxylation is 1. The predicted molar refractivity (Wildman–Crippen MR) is 303 cm³/mol. The van der Waals surface area contributed by atoms with Gasteiger partial charge in [-0.05, 0) is 138 Å². The molecule has 2 aliphatic carbocycles. The Labute approximate surface area is 420 Å². The summed E-state index contributed by atoms with van der Waals surface area (Å²) in [4.78, 5) is 7.42. The molecule has 3 aliphatic rings. The van der Waals surface area contributed by atoms with Gasteiger partial charge in [-0.15, -0.1) is 0 Å². The largest absolute Gasteiger partial charge is 0.333 e. The molecule has 0 N–H and O–H groups in total. The number of hydrogen-bond donors (Lipinski definition) is 0. The minimum absolute atomic E-state index is 0.221. The first kappa shape index (κ1) is 41.8. The Bertz CT molecular complexity index is 3930. The Morgan fingerprint density at radius 3 is 1.85 bits per heavy atom. The van der Waals surface area contributed by atoms with Crippen LogP contribution in [0.1, 0.15) is 29.0 Å². The Hall–Kier alpha value is -9.12. The third-order valence-corrected chi connectivity index (χ3v) is 15.1. The van der Waals surface area contributed by atoms with Crippen molar-refractivity contribution in [3.63, 3.8) is 0 Å². The van der Waals surface area contributed by atoms with Crippen LogP contribution < -0.4 is 14.7 Å². The van der Waals surface area contributed by atoms with E-state index in [9.17, 15) is 0 Å². The number of fused-ring (bicyclic) bond motifs is 8. The van der Waals surface area contributed by atoms with Gasteiger partial charge in [-0.25, -0.2) is 0 Å². The Morgan fingerprint density at radius 2 is 1.04 bits per heavy atom. The fourth-order valence-corrected chi connectivity index (χ4v) is 11.9. The van der Waals surface area contributed by atoms with Gasteiger partial charge in [-0.1, -0.05) is 170 Å². The molecule has 4 nitrogen and oxygen atoms in total. The minimum Gasteiger partial charge on any atom is -0.333 e. The van der Waals surface area contributed by atoms with Gasteiger partial charge in [0.05, 0.1) is 22.8 Å². The lowest BCUT2D eigenvalue weighted by Crippen LogP contribution is -2.28. The van der Waals surface area contributed by atoms with Crippen molar-refractivity contribution in [2.75, 3.05) is 14.7 Å². The number of para-hydroxylation sites is 3. The molecule has 1 aromatic heterocycles. The number of nitrogens with zero attached hydrogens (tertiary/aromatic N) is 4. The molecule has 2 heterocycles. The SMILES string of the molecule is C1=CC2c3cc(N(c4ccc(-c5ccc(N(C6=CCCc7ccccc76)c6ccc7c(c6)c6ccccc6n7-c6ccccc6)cc5)cc4)c4cccc5ccccc45)ccc3N(c3ccccc3)C2C=C1. The van der Waals surface area contributed by atoms with Crippen molar-refractivity contribution < 1.29 is 0 Å². The second-order valence-electron chi connectivity index (χ2n) is 19.2. The van der Waals surface area contributed by atoms with Gasteiger partial charge in [-0.2, -0.15) is 0 Å². The number of aromatic nitrogens is 1. The summed E-state index contributed by atoms with van der Waals surface area (Å²) in [6, 6.07) is 87.2. The van der Waals surface area contributed by atoms with Crippen molar-refractivity contribution in [2.45, 2.75) is 24.8 Å². The zero-order chi connectivity index (χ0) is 47.5. The standard InChI is InChI=1S/C68H50N4/c1-3-21-51(22-4-1)71-65-29-13-11-27-59(65)61-45-55(41-43-67(61)71)69(63-31-15-19-49-17-7-9-25-57(49)63)53-37-33-47(34-38-53)48-35-39-54(40-36-48)70(64-32-16-20-50-18-8-10-26-58(50)64)56-42-44-68-62(46-56)60-28-12-14-30-66(60)72(68)52-23-5-2-6-24-52/h1-15,17-19,21-46,59,65H,16,20H2. The van der Waals surface area contributed by atoms with Crippen molar-refractivity contribution in [1.82, 2.24) is 4.57 Å². The average Bonchev–Trinajstić information content (AvgIpc) is 3.96. The third-order valence-electron chi connectivity index (χ3n) is 15.1. The van der Waals surface area contributed by atoms with E-state index in [0.29, 0.717) is 0 Å². The van der Waals surface area contributed by atoms with Gasteiger partial charge in [0.1, 0.15) is 0 Å². The van der Waals surface area contributed by atoms with E-state index < -0.39 is 0 Å². The molecule has 1 aliphatic heterocycles. The maximum absolute atomic E-state index is 2.50. The van der Waals surface area contributed by atoms with Gasteiger partial charge in [0.25, 0.3) is 0 Å². The molecule has 0 spiro atoms. The maximum Gasteiger partial charge on any atom is 0.0629 e. The molecule has 11 aromatic rings. The van der Waals surface area contributed by atoms with Crippen LogP contribution >= 0.6 is 0 Å². The molecular weight excluding hydrogens is 873 g/mol. The van der Waals surface area contributed by atoms with E-state index >= 15 is 0 Å². The van der Waals surface area contributed by atoms with E-state index in [1.54, 1.807) is 0 Å². The molecule has 342 valence electrons. The van der Waals surface area contributed by atoms with E-state index in [1.807, 2.05) is 0 Å². The number of rotatable bonds is 9. The predicted octanol–water partition coefficient (Wildman–Crippen LogP) is 17.9. The van der Waals surface area contributed by atoms with Crippen LogP contribution in [0.5, 0.6) is 0 Å². The molecule has 0 saturated heterocycles. The van der Waals surface area contributed by atoms with Crippen LogP contribution in [-0.2, 0) is 6.42 Å². The fourth-order valence-electron chi connectivity index (χ4n) is 11.9. The molecule has 2 atom stereocenters. The number of allylic oxidation sites excluding steroid dienone is 3. The van der Waals surface area contributed by atoms with Crippen LogP contribution in [0.25, 0.3) is 55.1 Å². The smallest absolute Gasteiger partial charge is 0.0629 e. The van der Waals surface area contributed by atoms with Crippen LogP contribution in [0, 0.1) is 0 Å². The van der Waals surface area contributed by atoms with E-state index in [0.717, 1.165) is 47.0 Å². The van der Waals surface area contributed by atoms with Gasteiger partial charge in [0.15, 0.2) is 0 Å². The highest BCUT2D eigenvalue weighted by Crippen LogP contribution is 2.51. The number of anilines is 7. The van der Waals surface area contributed by atoms with Crippen LogP contribution in [-0.4, -0.2) is 10.6 Å². The summed E-state index contributed by atoms with van der Waals surface area (Å²) in [5, 5.41) is 4.91. The van der Waals surface area contributed by atoms with Gasteiger partial charge in [-0.3, -0.25) is 0 Å². The summed E-state index contributed by atoms with van der Waals surface area (Å²) in [5.74, 6) is 0.245. The van der Waals surface area contributed by atoms with Crippen LogP contribution in [0.4, 0.5) is 39.8 Å². The number of benzene rings is 10. The first-order valence-electron chi connectivity index (χ1n) is 25.2. The Kier molecular flexibility index (Phi) is 10.1. The second kappa shape index (κ2) is 17.4. The van der Waals surface area contributed by atoms with Crippen molar-refractivity contribution in [3.8, 4) is 16.8 Å². The lowest BCUT2D eigenvalue weighted by Gasteiger charge is -2.31. The lowest BCUT2D eigenvalue weighted by atomic mass is 9.91. The molecule has 2 unspecified atom stereocenters. The van der Waals surface area contributed by atoms with E-state index in [-0.39, 0.29) is 12.0 Å². The molecule has 10 aromatic carbocycles. The number of hydrogen-bond acceptors (Lipinski definition) is 3. The summed E-state index contributed by atoms with van der Waals surface area (Å²) in [5.41, 5.74) is 19.3. The molecule has 4 heteroatoms. The molecule has 14 rings (SSSR count). The van der Waals surface area contributed by atoms with Crippen molar-refractivity contribution in [2.24, 2.45) is 0 Å². The van der Waals surface area contributed by atoms with Crippen molar-refractivity contribution >= 4 is 78.1 Å². The Morgan fingerprint density at radius 1 is 0.431 bits per heavy atom. The van der Waals surface area contributed by atoms with Gasteiger partial charge < -0.3 is 19.3 Å². The second-order valence-corrected chi connectivity index (χ2v) is 19.2. The van der Waals surface area contributed by atoms with Crippen molar-refractivity contribution in [3.05, 3.63) is 284 Å². The first-order chi connectivity index (χ1) is 35.7. The zero-order valence-corrected chi connectivity index (χ0v) is 39.8. The van der Waals surface area contributed by atoms with Crippen LogP contribution in [0.3, 0.4) is 0 Å². The monoisotopic (exact) mass is 922 g/mol. The molecule has 0 saturated carbocycles. The Balaban J connectivity index is 0.848. The highest BCUT2D eigenvalue weighted by Gasteiger charge is 2.38. The third kappa shape index (κ3) is 6.98. The summed E-state index contributed by atoms with van der Waals surface area (Å²) < 4.78 is 2.39. The molecule has 0 amide bonds. The highest BCUT2D eigenvalue weighted by molar-refractivity contribution is 6.11. The van der Waals surface area contributed by atoms with Gasteiger partial charge in [0.2, 0.25) is 0 Å². The average molecular weight is 923 g/mol. The molecule has 0 fully saturated rings. The van der Waals surface area contributed by atoms with E-state index in [2.05, 4.69) is 286 Å². The van der Waals surface area contributed by atoms with Crippen LogP contribution in [0.2, 0.25) is 0 Å². The van der Waals surface area contributed by atoms with Gasteiger partial charge in [0, 0.05) is 73.1 Å². The van der Waals surface area contributed by atoms with Crippen LogP contribution in [0.15, 0.2) is 267 Å². The summed E-state index contributed by atoms with van der Waals surface area (Å²) >= 11 is 0. The first-order valence-corrected chi connectivity index (χ1v) is 25.2. The fraction of sp³-hybridized carbons (Fsp3) is 0.0588. The quantitative estimate of drug-likeness (QED) is 0.143. The molecular formula is C68H50N4. The maximum atomic E-state index is 2.50. The normalized spacial score (nSPS) is 15.6. The minimum atomic E-state index is 0.221. The van der Waals surface area contributed by atoms with E-state index in [4.69, 9.17) is 0 Å².